The summed E-state index contributed by atoms with van der Waals surface area (Å²) in [6.45, 7) is 4.50. The lowest BCUT2D eigenvalue weighted by Crippen LogP contribution is -2.36. The van der Waals surface area contributed by atoms with Gasteiger partial charge < -0.3 is 5.32 Å². The maximum atomic E-state index is 3.87. The fourth-order valence-electron chi connectivity index (χ4n) is 3.76. The fraction of sp³-hybridized carbons (Fsp3) is 0.667. The minimum absolute atomic E-state index is 0.489. The highest BCUT2D eigenvalue weighted by Gasteiger charge is 2.34. The van der Waals surface area contributed by atoms with Crippen molar-refractivity contribution in [3.8, 4) is 0 Å². The summed E-state index contributed by atoms with van der Waals surface area (Å²) < 4.78 is 0. The zero-order valence-corrected chi connectivity index (χ0v) is 12.4. The first-order valence-electron chi connectivity index (χ1n) is 8.05. The van der Waals surface area contributed by atoms with Crippen LogP contribution in [-0.4, -0.2) is 6.04 Å². The summed E-state index contributed by atoms with van der Waals surface area (Å²) in [6.07, 6.45) is 8.72. The molecule has 19 heavy (non-hydrogen) atoms. The minimum Gasteiger partial charge on any atom is -0.307 e. The summed E-state index contributed by atoms with van der Waals surface area (Å²) in [4.78, 5) is 0. The van der Waals surface area contributed by atoms with Crippen molar-refractivity contribution in [3.63, 3.8) is 0 Å². The summed E-state index contributed by atoms with van der Waals surface area (Å²) in [7, 11) is 0. The average Bonchev–Trinajstić information content (AvgIpc) is 3.23. The van der Waals surface area contributed by atoms with E-state index in [0.29, 0.717) is 6.04 Å². The Morgan fingerprint density at radius 2 is 1.95 bits per heavy atom. The zero-order valence-electron chi connectivity index (χ0n) is 12.4. The molecule has 2 unspecified atom stereocenters. The smallest absolute Gasteiger partial charge is 0.0294 e. The second-order valence-electron chi connectivity index (χ2n) is 6.76. The van der Waals surface area contributed by atoms with Crippen molar-refractivity contribution in [2.24, 2.45) is 11.8 Å². The molecule has 2 saturated carbocycles. The quantitative estimate of drug-likeness (QED) is 0.830. The van der Waals surface area contributed by atoms with Gasteiger partial charge in [0.1, 0.15) is 0 Å². The van der Waals surface area contributed by atoms with E-state index in [-0.39, 0.29) is 0 Å². The van der Waals surface area contributed by atoms with Gasteiger partial charge in [-0.3, -0.25) is 0 Å². The molecule has 2 aliphatic carbocycles. The Hall–Kier alpha value is -0.820. The van der Waals surface area contributed by atoms with Crippen molar-refractivity contribution in [1.82, 2.24) is 5.32 Å². The second kappa shape index (κ2) is 5.66. The third kappa shape index (κ3) is 3.39. The van der Waals surface area contributed by atoms with Gasteiger partial charge in [0.15, 0.2) is 0 Å². The Morgan fingerprint density at radius 1 is 1.11 bits per heavy atom. The molecule has 0 radical (unpaired) electrons. The second-order valence-corrected chi connectivity index (χ2v) is 6.76. The molecule has 3 atom stereocenters. The van der Waals surface area contributed by atoms with Crippen molar-refractivity contribution in [1.29, 1.82) is 0 Å². The molecule has 104 valence electrons. The van der Waals surface area contributed by atoms with Crippen LogP contribution >= 0.6 is 0 Å². The van der Waals surface area contributed by atoms with Crippen molar-refractivity contribution in [2.75, 3.05) is 0 Å². The molecule has 3 rings (SSSR count). The van der Waals surface area contributed by atoms with Gasteiger partial charge in [0.2, 0.25) is 0 Å². The number of benzene rings is 1. The van der Waals surface area contributed by atoms with Crippen LogP contribution in [0.15, 0.2) is 24.3 Å². The zero-order chi connectivity index (χ0) is 13.2. The highest BCUT2D eigenvalue weighted by atomic mass is 14.9. The highest BCUT2D eigenvalue weighted by molar-refractivity contribution is 5.24. The largest absolute Gasteiger partial charge is 0.307 e. The van der Waals surface area contributed by atoms with Crippen LogP contribution in [0.5, 0.6) is 0 Å². The summed E-state index contributed by atoms with van der Waals surface area (Å²) in [5.41, 5.74) is 2.80. The molecular weight excluding hydrogens is 230 g/mol. The van der Waals surface area contributed by atoms with E-state index in [1.807, 2.05) is 0 Å². The molecule has 0 aliphatic heterocycles. The predicted molar refractivity (Wildman–Crippen MR) is 81.2 cm³/mol. The Balaban J connectivity index is 1.57. The number of aryl methyl sites for hydroxylation is 1. The number of nitrogens with one attached hydrogen (secondary N) is 1. The summed E-state index contributed by atoms with van der Waals surface area (Å²) in [5.74, 6) is 2.11. The van der Waals surface area contributed by atoms with Gasteiger partial charge in [-0.15, -0.1) is 0 Å². The van der Waals surface area contributed by atoms with Crippen molar-refractivity contribution >= 4 is 0 Å². The molecule has 1 N–H and O–H groups in total. The highest BCUT2D eigenvalue weighted by Crippen LogP contribution is 2.44. The van der Waals surface area contributed by atoms with Gasteiger partial charge in [-0.05, 0) is 56.9 Å². The van der Waals surface area contributed by atoms with E-state index in [2.05, 4.69) is 43.4 Å². The Labute approximate surface area is 117 Å². The van der Waals surface area contributed by atoms with E-state index in [0.717, 1.165) is 17.9 Å². The molecule has 0 amide bonds. The Bertz CT molecular complexity index is 421. The first kappa shape index (κ1) is 13.2. The van der Waals surface area contributed by atoms with Crippen LogP contribution in [0.2, 0.25) is 0 Å². The van der Waals surface area contributed by atoms with Crippen LogP contribution in [0.4, 0.5) is 0 Å². The first-order chi connectivity index (χ1) is 9.22. The van der Waals surface area contributed by atoms with Gasteiger partial charge in [0.25, 0.3) is 0 Å². The normalized spacial score (nSPS) is 29.2. The minimum atomic E-state index is 0.489. The molecule has 0 bridgehead atoms. The standard InChI is InChI=1S/C18H27N/c1-13-5-3-6-16(11-13)14(2)19-18-8-4-7-17(12-18)15-9-10-15/h3,5-6,11,14-15,17-19H,4,7-10,12H2,1-2H3/t14-,17?,18?/m1/s1. The number of hydrogen-bond donors (Lipinski definition) is 1. The van der Waals surface area contributed by atoms with E-state index in [1.54, 1.807) is 0 Å². The lowest BCUT2D eigenvalue weighted by atomic mass is 9.82. The lowest BCUT2D eigenvalue weighted by molar-refractivity contribution is 0.249. The van der Waals surface area contributed by atoms with E-state index < -0.39 is 0 Å². The van der Waals surface area contributed by atoms with E-state index >= 15 is 0 Å². The molecule has 0 spiro atoms. The molecule has 2 fully saturated rings. The topological polar surface area (TPSA) is 12.0 Å². The third-order valence-electron chi connectivity index (χ3n) is 5.03. The molecule has 0 aromatic heterocycles. The Kier molecular flexibility index (Phi) is 3.93. The van der Waals surface area contributed by atoms with Gasteiger partial charge in [0, 0.05) is 12.1 Å². The van der Waals surface area contributed by atoms with Crippen molar-refractivity contribution in [3.05, 3.63) is 35.4 Å². The molecule has 1 aromatic rings. The summed E-state index contributed by atoms with van der Waals surface area (Å²) in [5, 5.41) is 3.87. The number of rotatable bonds is 4. The fourth-order valence-corrected chi connectivity index (χ4v) is 3.76. The monoisotopic (exact) mass is 257 g/mol. The van der Waals surface area contributed by atoms with Gasteiger partial charge in [-0.2, -0.15) is 0 Å². The molecule has 2 aliphatic rings. The molecular formula is C18H27N. The van der Waals surface area contributed by atoms with E-state index in [1.165, 1.54) is 49.7 Å². The van der Waals surface area contributed by atoms with Crippen LogP contribution in [-0.2, 0) is 0 Å². The molecule has 1 heteroatoms. The predicted octanol–water partition coefficient (Wildman–Crippen LogP) is 4.61. The van der Waals surface area contributed by atoms with Crippen LogP contribution in [0, 0.1) is 18.8 Å². The SMILES string of the molecule is Cc1cccc([C@@H](C)NC2CCCC(C3CC3)C2)c1. The van der Waals surface area contributed by atoms with Crippen LogP contribution in [0.25, 0.3) is 0 Å². The van der Waals surface area contributed by atoms with Crippen molar-refractivity contribution < 1.29 is 0 Å². The Morgan fingerprint density at radius 3 is 2.68 bits per heavy atom. The van der Waals surface area contributed by atoms with Gasteiger partial charge >= 0.3 is 0 Å². The molecule has 0 saturated heterocycles. The third-order valence-corrected chi connectivity index (χ3v) is 5.03. The van der Waals surface area contributed by atoms with Crippen molar-refractivity contribution in [2.45, 2.75) is 64.5 Å². The van der Waals surface area contributed by atoms with Crippen LogP contribution in [0.3, 0.4) is 0 Å². The van der Waals surface area contributed by atoms with Gasteiger partial charge in [-0.1, -0.05) is 42.7 Å². The number of hydrogen-bond acceptors (Lipinski definition) is 1. The molecule has 1 nitrogen and oxygen atoms in total. The average molecular weight is 257 g/mol. The maximum Gasteiger partial charge on any atom is 0.0294 e. The van der Waals surface area contributed by atoms with Gasteiger partial charge in [-0.25, -0.2) is 0 Å². The van der Waals surface area contributed by atoms with Crippen LogP contribution < -0.4 is 5.32 Å². The van der Waals surface area contributed by atoms with E-state index in [9.17, 15) is 0 Å². The maximum absolute atomic E-state index is 3.87. The lowest BCUT2D eigenvalue weighted by Gasteiger charge is -2.32. The molecule has 1 aromatic carbocycles. The summed E-state index contributed by atoms with van der Waals surface area (Å²) in [6, 6.07) is 10.2. The van der Waals surface area contributed by atoms with Crippen LogP contribution in [0.1, 0.15) is 62.6 Å². The summed E-state index contributed by atoms with van der Waals surface area (Å²) >= 11 is 0. The molecule has 0 heterocycles. The van der Waals surface area contributed by atoms with E-state index in [4.69, 9.17) is 0 Å². The van der Waals surface area contributed by atoms with Gasteiger partial charge in [0.05, 0.1) is 0 Å². The first-order valence-corrected chi connectivity index (χ1v) is 8.05.